The lowest BCUT2D eigenvalue weighted by Crippen LogP contribution is -2.43. The van der Waals surface area contributed by atoms with E-state index >= 15 is 0 Å². The molecule has 1 fully saturated rings. The minimum absolute atomic E-state index is 0.0776. The number of imide groups is 1. The molecule has 1 aliphatic rings. The van der Waals surface area contributed by atoms with Crippen LogP contribution in [0.2, 0.25) is 0 Å². The number of nitrogens with one attached hydrogen (secondary N) is 3. The molecule has 3 rings (SSSR count). The van der Waals surface area contributed by atoms with E-state index in [9.17, 15) is 9.59 Å². The summed E-state index contributed by atoms with van der Waals surface area (Å²) in [5, 5.41) is 8.98. The maximum Gasteiger partial charge on any atom is 0.324 e. The van der Waals surface area contributed by atoms with Crippen LogP contribution in [-0.2, 0) is 17.9 Å². The first-order chi connectivity index (χ1) is 15.7. The quantitative estimate of drug-likeness (QED) is 0.216. The van der Waals surface area contributed by atoms with Crippen LogP contribution in [0.3, 0.4) is 0 Å². The SMILES string of the molecule is CN=C(NCCCN(Cc1ccccc1)Cc1ccccc1)NCCN1C(=O)CNC1=O. The van der Waals surface area contributed by atoms with Gasteiger partial charge < -0.3 is 16.0 Å². The highest BCUT2D eigenvalue weighted by molar-refractivity contribution is 6.01. The van der Waals surface area contributed by atoms with Crippen molar-refractivity contribution in [2.45, 2.75) is 19.5 Å². The van der Waals surface area contributed by atoms with Crippen molar-refractivity contribution in [3.63, 3.8) is 0 Å². The fraction of sp³-hybridized carbons (Fsp3) is 0.375. The number of guanidine groups is 1. The minimum Gasteiger partial charge on any atom is -0.356 e. The van der Waals surface area contributed by atoms with Gasteiger partial charge in [0.2, 0.25) is 5.91 Å². The van der Waals surface area contributed by atoms with Crippen molar-refractivity contribution in [3.05, 3.63) is 71.8 Å². The second kappa shape index (κ2) is 12.5. The second-order valence-electron chi connectivity index (χ2n) is 7.67. The Morgan fingerprint density at radius 2 is 1.56 bits per heavy atom. The van der Waals surface area contributed by atoms with Gasteiger partial charge in [0.15, 0.2) is 5.96 Å². The lowest BCUT2D eigenvalue weighted by molar-refractivity contribution is -0.124. The number of nitrogens with zero attached hydrogens (tertiary/aromatic N) is 3. The number of benzene rings is 2. The summed E-state index contributed by atoms with van der Waals surface area (Å²) in [6.45, 7) is 4.34. The molecule has 3 amide bonds. The molecule has 0 bridgehead atoms. The Bertz CT molecular complexity index is 830. The van der Waals surface area contributed by atoms with Gasteiger partial charge in [-0.1, -0.05) is 60.7 Å². The molecule has 32 heavy (non-hydrogen) atoms. The van der Waals surface area contributed by atoms with Crippen LogP contribution in [0, 0.1) is 0 Å². The highest BCUT2D eigenvalue weighted by atomic mass is 16.2. The topological polar surface area (TPSA) is 89.1 Å². The summed E-state index contributed by atoms with van der Waals surface area (Å²) in [6.07, 6.45) is 0.952. The molecular weight excluding hydrogens is 404 g/mol. The van der Waals surface area contributed by atoms with Crippen LogP contribution in [0.15, 0.2) is 65.7 Å². The predicted molar refractivity (Wildman–Crippen MR) is 126 cm³/mol. The first kappa shape index (κ1) is 23.3. The van der Waals surface area contributed by atoms with Gasteiger partial charge in [-0.3, -0.25) is 19.6 Å². The summed E-state index contributed by atoms with van der Waals surface area (Å²) in [5.41, 5.74) is 2.60. The molecule has 0 unspecified atom stereocenters. The molecule has 1 aliphatic heterocycles. The van der Waals surface area contributed by atoms with Gasteiger partial charge in [-0.05, 0) is 17.5 Å². The van der Waals surface area contributed by atoms with Gasteiger partial charge in [0.05, 0.1) is 6.54 Å². The van der Waals surface area contributed by atoms with Gasteiger partial charge in [0, 0.05) is 46.3 Å². The third-order valence-corrected chi connectivity index (χ3v) is 5.23. The van der Waals surface area contributed by atoms with Gasteiger partial charge in [-0.25, -0.2) is 4.79 Å². The molecule has 2 aromatic carbocycles. The largest absolute Gasteiger partial charge is 0.356 e. The fourth-order valence-electron chi connectivity index (χ4n) is 3.60. The first-order valence-corrected chi connectivity index (χ1v) is 11.0. The Hall–Kier alpha value is -3.39. The van der Waals surface area contributed by atoms with Crippen LogP contribution in [0.1, 0.15) is 17.5 Å². The summed E-state index contributed by atoms with van der Waals surface area (Å²) in [5.74, 6) is 0.464. The van der Waals surface area contributed by atoms with Crippen LogP contribution < -0.4 is 16.0 Å². The molecule has 2 aromatic rings. The normalized spacial score (nSPS) is 14.1. The number of hydrogen-bond acceptors (Lipinski definition) is 4. The highest BCUT2D eigenvalue weighted by Crippen LogP contribution is 2.10. The van der Waals surface area contributed by atoms with Gasteiger partial charge in [-0.2, -0.15) is 0 Å². The Balaban J connectivity index is 1.42. The minimum atomic E-state index is -0.336. The summed E-state index contributed by atoms with van der Waals surface area (Å²) in [4.78, 5) is 31.1. The van der Waals surface area contributed by atoms with Crippen molar-refractivity contribution in [2.24, 2.45) is 4.99 Å². The van der Waals surface area contributed by atoms with Gasteiger partial charge in [0.1, 0.15) is 0 Å². The number of hydrogen-bond donors (Lipinski definition) is 3. The average Bonchev–Trinajstić information content (AvgIpc) is 3.14. The van der Waals surface area contributed by atoms with Crippen molar-refractivity contribution in [1.82, 2.24) is 25.8 Å². The number of aliphatic imine (C=N–C) groups is 1. The van der Waals surface area contributed by atoms with Crippen LogP contribution in [0.4, 0.5) is 4.79 Å². The zero-order valence-electron chi connectivity index (χ0n) is 18.6. The molecule has 170 valence electrons. The Morgan fingerprint density at radius 1 is 0.969 bits per heavy atom. The summed E-state index contributed by atoms with van der Waals surface area (Å²) in [6, 6.07) is 20.7. The van der Waals surface area contributed by atoms with Crippen molar-refractivity contribution >= 4 is 17.9 Å². The summed E-state index contributed by atoms with van der Waals surface area (Å²) >= 11 is 0. The number of carbonyl (C=O) groups is 2. The molecular formula is C24H32N6O2. The standard InChI is InChI=1S/C24H32N6O2/c1-25-23(27-14-16-30-22(31)17-28-24(30)32)26-13-8-15-29(18-20-9-4-2-5-10-20)19-21-11-6-3-7-12-21/h2-7,9-12H,8,13-19H2,1H3,(H,28,32)(H2,25,26,27). The zero-order chi connectivity index (χ0) is 22.6. The molecule has 8 heteroatoms. The van der Waals surface area contributed by atoms with Gasteiger partial charge in [-0.15, -0.1) is 0 Å². The number of carbonyl (C=O) groups excluding carboxylic acids is 2. The molecule has 3 N–H and O–H groups in total. The maximum absolute atomic E-state index is 11.6. The smallest absolute Gasteiger partial charge is 0.324 e. The molecule has 0 aliphatic carbocycles. The van der Waals surface area contributed by atoms with Crippen molar-refractivity contribution in [2.75, 3.05) is 39.8 Å². The van der Waals surface area contributed by atoms with E-state index in [4.69, 9.17) is 0 Å². The molecule has 0 aromatic heterocycles. The zero-order valence-corrected chi connectivity index (χ0v) is 18.6. The number of amides is 3. The van der Waals surface area contributed by atoms with E-state index in [1.165, 1.54) is 16.0 Å². The van der Waals surface area contributed by atoms with E-state index in [2.05, 4.69) is 74.4 Å². The molecule has 1 heterocycles. The molecule has 1 saturated heterocycles. The number of rotatable bonds is 11. The third kappa shape index (κ3) is 7.39. The van der Waals surface area contributed by atoms with Crippen molar-refractivity contribution in [3.8, 4) is 0 Å². The van der Waals surface area contributed by atoms with E-state index < -0.39 is 0 Å². The van der Waals surface area contributed by atoms with Crippen LogP contribution in [0.5, 0.6) is 0 Å². The summed E-state index contributed by atoms with van der Waals surface area (Å²) < 4.78 is 0. The van der Waals surface area contributed by atoms with Crippen molar-refractivity contribution in [1.29, 1.82) is 0 Å². The molecule has 0 radical (unpaired) electrons. The maximum atomic E-state index is 11.6. The molecule has 0 spiro atoms. The summed E-state index contributed by atoms with van der Waals surface area (Å²) in [7, 11) is 1.71. The fourth-order valence-corrected chi connectivity index (χ4v) is 3.60. The van der Waals surface area contributed by atoms with Crippen LogP contribution >= 0.6 is 0 Å². The average molecular weight is 437 g/mol. The van der Waals surface area contributed by atoms with E-state index in [-0.39, 0.29) is 18.5 Å². The van der Waals surface area contributed by atoms with E-state index in [1.54, 1.807) is 7.05 Å². The monoisotopic (exact) mass is 436 g/mol. The van der Waals surface area contributed by atoms with Gasteiger partial charge in [0.25, 0.3) is 0 Å². The highest BCUT2D eigenvalue weighted by Gasteiger charge is 2.27. The lowest BCUT2D eigenvalue weighted by Gasteiger charge is -2.23. The van der Waals surface area contributed by atoms with Gasteiger partial charge >= 0.3 is 6.03 Å². The van der Waals surface area contributed by atoms with Crippen LogP contribution in [-0.4, -0.2) is 67.5 Å². The van der Waals surface area contributed by atoms with E-state index in [1.807, 2.05) is 12.1 Å². The van der Waals surface area contributed by atoms with E-state index in [0.717, 1.165) is 32.6 Å². The third-order valence-electron chi connectivity index (χ3n) is 5.23. The Kier molecular flexibility index (Phi) is 9.06. The van der Waals surface area contributed by atoms with Crippen molar-refractivity contribution < 1.29 is 9.59 Å². The molecule has 0 saturated carbocycles. The first-order valence-electron chi connectivity index (χ1n) is 11.0. The second-order valence-corrected chi connectivity index (χ2v) is 7.67. The molecule has 8 nitrogen and oxygen atoms in total. The number of urea groups is 1. The Morgan fingerprint density at radius 3 is 2.09 bits per heavy atom. The van der Waals surface area contributed by atoms with E-state index in [0.29, 0.717) is 19.0 Å². The van der Waals surface area contributed by atoms with Crippen LogP contribution in [0.25, 0.3) is 0 Å². The molecule has 0 atom stereocenters. The Labute approximate surface area is 189 Å². The lowest BCUT2D eigenvalue weighted by atomic mass is 10.1. The predicted octanol–water partition coefficient (Wildman–Crippen LogP) is 1.80.